The molecule has 1 N–H and O–H groups in total. The number of ether oxygens (including phenoxy) is 2. The van der Waals surface area contributed by atoms with Crippen LogP contribution in [0.25, 0.3) is 10.7 Å². The number of carbonyl (C=O) groups is 2. The van der Waals surface area contributed by atoms with Crippen molar-refractivity contribution < 1.29 is 23.6 Å². The largest absolute Gasteiger partial charge is 0.456 e. The zero-order valence-electron chi connectivity index (χ0n) is 13.7. The zero-order valence-corrected chi connectivity index (χ0v) is 14.5. The van der Waals surface area contributed by atoms with Crippen molar-refractivity contribution in [2.24, 2.45) is 0 Å². The third-order valence-electron chi connectivity index (χ3n) is 2.56. The Hall–Kier alpha value is -2.42. The summed E-state index contributed by atoms with van der Waals surface area (Å²) in [6.45, 7) is 5.29. The number of amides is 1. The van der Waals surface area contributed by atoms with Gasteiger partial charge >= 0.3 is 12.1 Å². The van der Waals surface area contributed by atoms with Crippen LogP contribution in [0, 0.1) is 0 Å². The molecule has 2 rings (SSSR count). The van der Waals surface area contributed by atoms with Crippen LogP contribution in [0.1, 0.15) is 33.1 Å². The van der Waals surface area contributed by atoms with Gasteiger partial charge in [-0.3, -0.25) is 4.79 Å². The van der Waals surface area contributed by atoms with Crippen LogP contribution >= 0.6 is 11.3 Å². The van der Waals surface area contributed by atoms with Crippen LogP contribution in [-0.4, -0.2) is 34.3 Å². The molecule has 0 saturated heterocycles. The van der Waals surface area contributed by atoms with Gasteiger partial charge in [-0.1, -0.05) is 11.2 Å². The SMILES string of the molecule is CC(C)(C)OC(=O)NCCC(=O)OCc1nc(-c2cccs2)no1. The Balaban J connectivity index is 1.67. The van der Waals surface area contributed by atoms with Crippen LogP contribution < -0.4 is 5.32 Å². The molecule has 0 aliphatic carbocycles. The van der Waals surface area contributed by atoms with E-state index in [9.17, 15) is 9.59 Å². The predicted octanol–water partition coefficient (Wildman–Crippen LogP) is 2.76. The topological polar surface area (TPSA) is 104 Å². The number of rotatable bonds is 6. The Labute approximate surface area is 143 Å². The number of nitrogens with zero attached hydrogens (tertiary/aromatic N) is 2. The third kappa shape index (κ3) is 5.99. The van der Waals surface area contributed by atoms with Gasteiger partial charge in [-0.2, -0.15) is 4.98 Å². The Morgan fingerprint density at radius 2 is 2.17 bits per heavy atom. The van der Waals surface area contributed by atoms with Crippen molar-refractivity contribution in [3.63, 3.8) is 0 Å². The molecule has 9 heteroatoms. The highest BCUT2D eigenvalue weighted by Gasteiger charge is 2.16. The lowest BCUT2D eigenvalue weighted by Crippen LogP contribution is -2.33. The van der Waals surface area contributed by atoms with Crippen LogP contribution in [0.15, 0.2) is 22.0 Å². The molecule has 0 aliphatic rings. The van der Waals surface area contributed by atoms with Crippen molar-refractivity contribution in [3.8, 4) is 10.7 Å². The van der Waals surface area contributed by atoms with E-state index in [1.807, 2.05) is 17.5 Å². The molecule has 0 atom stereocenters. The molecule has 2 aromatic heterocycles. The van der Waals surface area contributed by atoms with Gasteiger partial charge < -0.3 is 19.3 Å². The summed E-state index contributed by atoms with van der Waals surface area (Å²) in [5.41, 5.74) is -0.581. The van der Waals surface area contributed by atoms with E-state index >= 15 is 0 Å². The first-order valence-corrected chi connectivity index (χ1v) is 8.20. The Morgan fingerprint density at radius 1 is 1.38 bits per heavy atom. The van der Waals surface area contributed by atoms with Crippen molar-refractivity contribution in [1.29, 1.82) is 0 Å². The van der Waals surface area contributed by atoms with Gasteiger partial charge in [0.25, 0.3) is 5.89 Å². The van der Waals surface area contributed by atoms with E-state index in [4.69, 9.17) is 14.0 Å². The van der Waals surface area contributed by atoms with Crippen LogP contribution in [0.4, 0.5) is 4.79 Å². The molecule has 0 saturated carbocycles. The van der Waals surface area contributed by atoms with Crippen molar-refractivity contribution in [3.05, 3.63) is 23.4 Å². The highest BCUT2D eigenvalue weighted by atomic mass is 32.1. The summed E-state index contributed by atoms with van der Waals surface area (Å²) in [4.78, 5) is 28.0. The molecular formula is C15H19N3O5S. The van der Waals surface area contributed by atoms with Crippen LogP contribution in [0.3, 0.4) is 0 Å². The lowest BCUT2D eigenvalue weighted by atomic mass is 10.2. The van der Waals surface area contributed by atoms with Gasteiger partial charge in [-0.15, -0.1) is 11.3 Å². The summed E-state index contributed by atoms with van der Waals surface area (Å²) in [5, 5.41) is 8.20. The standard InChI is InChI=1S/C15H19N3O5S/c1-15(2,3)22-14(20)16-7-6-12(19)21-9-11-17-13(18-23-11)10-5-4-8-24-10/h4-5,8H,6-7,9H2,1-3H3,(H,16,20). The summed E-state index contributed by atoms with van der Waals surface area (Å²) in [6, 6.07) is 3.75. The Morgan fingerprint density at radius 3 is 2.83 bits per heavy atom. The van der Waals surface area contributed by atoms with Crippen molar-refractivity contribution in [2.45, 2.75) is 39.4 Å². The van der Waals surface area contributed by atoms with Gasteiger partial charge in [0.15, 0.2) is 6.61 Å². The number of alkyl carbamates (subject to hydrolysis) is 1. The average Bonchev–Trinajstić information content (AvgIpc) is 3.14. The van der Waals surface area contributed by atoms with Gasteiger partial charge in [0.1, 0.15) is 5.60 Å². The number of carbonyl (C=O) groups excluding carboxylic acids is 2. The van der Waals surface area contributed by atoms with Crippen LogP contribution in [0.2, 0.25) is 0 Å². The smallest absolute Gasteiger partial charge is 0.407 e. The summed E-state index contributed by atoms with van der Waals surface area (Å²) in [7, 11) is 0. The molecule has 130 valence electrons. The number of esters is 1. The van der Waals surface area contributed by atoms with E-state index in [0.29, 0.717) is 5.82 Å². The average molecular weight is 353 g/mol. The van der Waals surface area contributed by atoms with Gasteiger partial charge in [-0.25, -0.2) is 4.79 Å². The predicted molar refractivity (Wildman–Crippen MR) is 86.3 cm³/mol. The maximum Gasteiger partial charge on any atom is 0.407 e. The number of thiophene rings is 1. The summed E-state index contributed by atoms with van der Waals surface area (Å²) in [5.74, 6) is 0.191. The van der Waals surface area contributed by atoms with Crippen molar-refractivity contribution >= 4 is 23.4 Å². The number of hydrogen-bond acceptors (Lipinski definition) is 8. The van der Waals surface area contributed by atoms with Crippen LogP contribution in [0.5, 0.6) is 0 Å². The molecule has 24 heavy (non-hydrogen) atoms. The third-order valence-corrected chi connectivity index (χ3v) is 3.43. The normalized spacial score (nSPS) is 11.1. The second-order valence-electron chi connectivity index (χ2n) is 5.83. The van der Waals surface area contributed by atoms with E-state index in [1.165, 1.54) is 11.3 Å². The summed E-state index contributed by atoms with van der Waals surface area (Å²) >= 11 is 1.49. The monoisotopic (exact) mass is 353 g/mol. The Bertz CT molecular complexity index is 676. The fraction of sp³-hybridized carbons (Fsp3) is 0.467. The Kier molecular flexibility index (Phi) is 5.91. The van der Waals surface area contributed by atoms with Gasteiger partial charge in [0.05, 0.1) is 11.3 Å². The molecule has 1 amide bonds. The molecule has 0 bridgehead atoms. The maximum absolute atomic E-state index is 11.6. The minimum Gasteiger partial charge on any atom is -0.456 e. The van der Waals surface area contributed by atoms with Crippen molar-refractivity contribution in [2.75, 3.05) is 6.54 Å². The molecule has 2 aromatic rings. The molecule has 0 radical (unpaired) electrons. The molecular weight excluding hydrogens is 334 g/mol. The van der Waals surface area contributed by atoms with Gasteiger partial charge in [0, 0.05) is 6.54 Å². The highest BCUT2D eigenvalue weighted by Crippen LogP contribution is 2.21. The van der Waals surface area contributed by atoms with E-state index < -0.39 is 17.7 Å². The van der Waals surface area contributed by atoms with Gasteiger partial charge in [0.2, 0.25) is 5.82 Å². The van der Waals surface area contributed by atoms with E-state index in [-0.39, 0.29) is 25.5 Å². The molecule has 0 spiro atoms. The minimum absolute atomic E-state index is 0.0190. The van der Waals surface area contributed by atoms with E-state index in [0.717, 1.165) is 4.88 Å². The lowest BCUT2D eigenvalue weighted by Gasteiger charge is -2.19. The second kappa shape index (κ2) is 7.91. The minimum atomic E-state index is -0.581. The van der Waals surface area contributed by atoms with Crippen molar-refractivity contribution in [1.82, 2.24) is 15.5 Å². The molecule has 2 heterocycles. The molecule has 0 fully saturated rings. The summed E-state index contributed by atoms with van der Waals surface area (Å²) in [6.07, 6.45) is -0.557. The number of aromatic nitrogens is 2. The number of hydrogen-bond donors (Lipinski definition) is 1. The molecule has 0 aromatic carbocycles. The van der Waals surface area contributed by atoms with Gasteiger partial charge in [-0.05, 0) is 32.2 Å². The first kappa shape index (κ1) is 17.9. The highest BCUT2D eigenvalue weighted by molar-refractivity contribution is 7.13. The number of nitrogens with one attached hydrogen (secondary N) is 1. The quantitative estimate of drug-likeness (QED) is 0.796. The fourth-order valence-corrected chi connectivity index (χ4v) is 2.26. The zero-order chi connectivity index (χ0) is 17.6. The van der Waals surface area contributed by atoms with E-state index in [2.05, 4.69) is 15.5 Å². The first-order valence-electron chi connectivity index (χ1n) is 7.32. The molecule has 8 nitrogen and oxygen atoms in total. The molecule has 0 aliphatic heterocycles. The lowest BCUT2D eigenvalue weighted by molar-refractivity contribution is -0.145. The second-order valence-corrected chi connectivity index (χ2v) is 6.78. The van der Waals surface area contributed by atoms with E-state index in [1.54, 1.807) is 20.8 Å². The summed E-state index contributed by atoms with van der Waals surface area (Å²) < 4.78 is 15.1. The molecule has 0 unspecified atom stereocenters. The first-order chi connectivity index (χ1) is 11.3. The fourth-order valence-electron chi connectivity index (χ4n) is 1.61. The van der Waals surface area contributed by atoms with Crippen LogP contribution in [-0.2, 0) is 20.9 Å². The maximum atomic E-state index is 11.6.